The van der Waals surface area contributed by atoms with E-state index >= 15 is 0 Å². The van der Waals surface area contributed by atoms with E-state index in [0.29, 0.717) is 17.2 Å². The predicted molar refractivity (Wildman–Crippen MR) is 135 cm³/mol. The minimum Gasteiger partial charge on any atom is -0.458 e. The lowest BCUT2D eigenvalue weighted by molar-refractivity contribution is -0.174. The van der Waals surface area contributed by atoms with Crippen LogP contribution in [0.3, 0.4) is 0 Å². The number of nitrogens with zero attached hydrogens (tertiary/aromatic N) is 1. The van der Waals surface area contributed by atoms with Gasteiger partial charge in [-0.05, 0) is 73.6 Å². The van der Waals surface area contributed by atoms with Gasteiger partial charge in [-0.1, -0.05) is 20.3 Å². The van der Waals surface area contributed by atoms with Crippen LogP contribution in [0.1, 0.15) is 88.0 Å². The van der Waals surface area contributed by atoms with Gasteiger partial charge in [0.1, 0.15) is 23.4 Å². The number of rotatable bonds is 6. The molecule has 2 rings (SSSR count). The smallest absolute Gasteiger partial charge is 0.420 e. The Hall–Kier alpha value is -2.36. The van der Waals surface area contributed by atoms with Crippen molar-refractivity contribution in [3.63, 3.8) is 0 Å². The van der Waals surface area contributed by atoms with Crippen LogP contribution in [-0.2, 0) is 33.3 Å². The van der Waals surface area contributed by atoms with E-state index in [0.717, 1.165) is 19.3 Å². The molecule has 2 fully saturated rings. The van der Waals surface area contributed by atoms with E-state index in [2.05, 4.69) is 13.8 Å². The third kappa shape index (κ3) is 10.1. The highest BCUT2D eigenvalue weighted by atomic mass is 16.6. The topological polar surface area (TPSA) is 118 Å². The van der Waals surface area contributed by atoms with Gasteiger partial charge < -0.3 is 23.7 Å². The van der Waals surface area contributed by atoms with E-state index in [1.54, 1.807) is 48.5 Å². The standard InChI is InChI=1S/C27H45NO9/c1-16(2)10-11-19-14-33-15-20(23(30)34-17(3)21(19)35-22(29)18-12-13-18)28(24(31)36-26(4,5)6)25(32)37-27(7,8)9/h16-21H,10-15H2,1-9H3/t17-,19-,20-,21-/m0/s1. The van der Waals surface area contributed by atoms with Gasteiger partial charge in [-0.2, -0.15) is 4.90 Å². The number of hydrogen-bond donors (Lipinski definition) is 0. The van der Waals surface area contributed by atoms with Gasteiger partial charge in [0.25, 0.3) is 0 Å². The molecule has 0 aromatic heterocycles. The summed E-state index contributed by atoms with van der Waals surface area (Å²) in [5, 5.41) is 0. The van der Waals surface area contributed by atoms with Crippen molar-refractivity contribution in [2.24, 2.45) is 17.8 Å². The molecule has 1 saturated carbocycles. The number of cyclic esters (lactones) is 1. The van der Waals surface area contributed by atoms with E-state index < -0.39 is 47.6 Å². The Morgan fingerprint density at radius 1 is 0.973 bits per heavy atom. The zero-order chi connectivity index (χ0) is 28.1. The van der Waals surface area contributed by atoms with Gasteiger partial charge in [0.2, 0.25) is 0 Å². The summed E-state index contributed by atoms with van der Waals surface area (Å²) in [5.74, 6) is -1.12. The predicted octanol–water partition coefficient (Wildman–Crippen LogP) is 4.86. The van der Waals surface area contributed by atoms with Gasteiger partial charge in [-0.3, -0.25) is 4.79 Å². The van der Waals surface area contributed by atoms with E-state index in [9.17, 15) is 19.2 Å². The first-order chi connectivity index (χ1) is 17.0. The van der Waals surface area contributed by atoms with Crippen molar-refractivity contribution in [3.8, 4) is 0 Å². The Balaban J connectivity index is 2.35. The molecule has 0 radical (unpaired) electrons. The van der Waals surface area contributed by atoms with E-state index in [-0.39, 0.29) is 31.0 Å². The number of ether oxygens (including phenoxy) is 5. The van der Waals surface area contributed by atoms with Crippen molar-refractivity contribution in [3.05, 3.63) is 0 Å². The molecule has 0 spiro atoms. The highest BCUT2D eigenvalue weighted by molar-refractivity contribution is 5.94. The molecule has 0 N–H and O–H groups in total. The highest BCUT2D eigenvalue weighted by Crippen LogP contribution is 2.33. The SMILES string of the molecule is CC(C)CC[C@H]1COC[C@H](N(C(=O)OC(C)(C)C)C(=O)OC(C)(C)C)C(=O)O[C@@H](C)[C@@H]1OC(=O)C1CC1. The molecule has 4 atom stereocenters. The van der Waals surface area contributed by atoms with Crippen molar-refractivity contribution in [2.75, 3.05) is 13.2 Å². The summed E-state index contributed by atoms with van der Waals surface area (Å²) >= 11 is 0. The zero-order valence-electron chi connectivity index (χ0n) is 23.8. The Bertz CT molecular complexity index is 795. The molecule has 1 aliphatic heterocycles. The minimum absolute atomic E-state index is 0.121. The lowest BCUT2D eigenvalue weighted by Crippen LogP contribution is -2.54. The van der Waals surface area contributed by atoms with Crippen LogP contribution >= 0.6 is 0 Å². The summed E-state index contributed by atoms with van der Waals surface area (Å²) in [6.45, 7) is 15.6. The summed E-state index contributed by atoms with van der Waals surface area (Å²) in [5.41, 5.74) is -1.87. The maximum atomic E-state index is 13.4. The first kappa shape index (κ1) is 30.9. The third-order valence-corrected chi connectivity index (χ3v) is 5.88. The largest absolute Gasteiger partial charge is 0.458 e. The van der Waals surface area contributed by atoms with Crippen LogP contribution in [0, 0.1) is 17.8 Å². The van der Waals surface area contributed by atoms with Gasteiger partial charge in [0.05, 0.1) is 19.1 Å². The van der Waals surface area contributed by atoms with Crippen LogP contribution in [0.2, 0.25) is 0 Å². The van der Waals surface area contributed by atoms with Crippen molar-refractivity contribution in [1.29, 1.82) is 0 Å². The fourth-order valence-electron chi connectivity index (χ4n) is 3.87. The molecule has 10 heteroatoms. The number of hydrogen-bond acceptors (Lipinski definition) is 9. The van der Waals surface area contributed by atoms with Crippen LogP contribution in [0.4, 0.5) is 9.59 Å². The van der Waals surface area contributed by atoms with Gasteiger partial charge in [-0.15, -0.1) is 0 Å². The normalized spacial score (nSPS) is 25.3. The molecular weight excluding hydrogens is 482 g/mol. The summed E-state index contributed by atoms with van der Waals surface area (Å²) in [7, 11) is 0. The summed E-state index contributed by atoms with van der Waals surface area (Å²) < 4.78 is 28.3. The number of carbonyl (C=O) groups is 4. The number of amides is 2. The van der Waals surface area contributed by atoms with Crippen molar-refractivity contribution in [1.82, 2.24) is 4.90 Å². The Morgan fingerprint density at radius 3 is 1.97 bits per heavy atom. The first-order valence-corrected chi connectivity index (χ1v) is 13.2. The fourth-order valence-corrected chi connectivity index (χ4v) is 3.87. The average Bonchev–Trinajstić information content (AvgIpc) is 3.55. The summed E-state index contributed by atoms with van der Waals surface area (Å²) in [6, 6.07) is -1.45. The van der Waals surface area contributed by atoms with Gasteiger partial charge in [0, 0.05) is 5.92 Å². The molecule has 37 heavy (non-hydrogen) atoms. The van der Waals surface area contributed by atoms with Crippen molar-refractivity contribution in [2.45, 2.75) is 117 Å². The molecule has 0 aromatic carbocycles. The molecule has 212 valence electrons. The van der Waals surface area contributed by atoms with Crippen LogP contribution in [-0.4, -0.2) is 71.7 Å². The monoisotopic (exact) mass is 527 g/mol. The minimum atomic E-state index is -1.45. The summed E-state index contributed by atoms with van der Waals surface area (Å²) in [4.78, 5) is 52.7. The van der Waals surface area contributed by atoms with Crippen LogP contribution in [0.5, 0.6) is 0 Å². The van der Waals surface area contributed by atoms with Gasteiger partial charge in [-0.25, -0.2) is 14.4 Å². The molecule has 2 amide bonds. The molecule has 1 saturated heterocycles. The molecule has 0 unspecified atom stereocenters. The average molecular weight is 528 g/mol. The fraction of sp³-hybridized carbons (Fsp3) is 0.852. The molecule has 0 aromatic rings. The van der Waals surface area contributed by atoms with Gasteiger partial charge >= 0.3 is 24.1 Å². The molecule has 2 aliphatic rings. The van der Waals surface area contributed by atoms with Gasteiger partial charge in [0.15, 0.2) is 6.04 Å². The van der Waals surface area contributed by atoms with Crippen molar-refractivity contribution >= 4 is 24.1 Å². The second-order valence-corrected chi connectivity index (χ2v) is 12.4. The first-order valence-electron chi connectivity index (χ1n) is 13.2. The second-order valence-electron chi connectivity index (χ2n) is 12.4. The maximum Gasteiger partial charge on any atom is 0.420 e. The molecular formula is C27H45NO9. The van der Waals surface area contributed by atoms with Crippen LogP contribution in [0.25, 0.3) is 0 Å². The van der Waals surface area contributed by atoms with Crippen LogP contribution < -0.4 is 0 Å². The third-order valence-electron chi connectivity index (χ3n) is 5.88. The van der Waals surface area contributed by atoms with E-state index in [1.165, 1.54) is 0 Å². The Kier molecular flexibility index (Phi) is 10.4. The number of imide groups is 1. The zero-order valence-corrected chi connectivity index (χ0v) is 23.8. The lowest BCUT2D eigenvalue weighted by Gasteiger charge is -2.32. The van der Waals surface area contributed by atoms with E-state index in [1.807, 2.05) is 0 Å². The molecule has 1 aliphatic carbocycles. The lowest BCUT2D eigenvalue weighted by atomic mass is 9.91. The Morgan fingerprint density at radius 2 is 1.51 bits per heavy atom. The molecule has 0 bridgehead atoms. The summed E-state index contributed by atoms with van der Waals surface area (Å²) in [6.07, 6.45) is -0.515. The number of carbonyl (C=O) groups excluding carboxylic acids is 4. The molecule has 1 heterocycles. The second kappa shape index (κ2) is 12.5. The quantitative estimate of drug-likeness (QED) is 0.352. The Labute approximate surface area is 220 Å². The van der Waals surface area contributed by atoms with Crippen molar-refractivity contribution < 1.29 is 42.9 Å². The van der Waals surface area contributed by atoms with E-state index in [4.69, 9.17) is 23.7 Å². The highest BCUT2D eigenvalue weighted by Gasteiger charge is 2.45. The maximum absolute atomic E-state index is 13.4. The number of esters is 2. The van der Waals surface area contributed by atoms with Crippen LogP contribution in [0.15, 0.2) is 0 Å². The molecule has 10 nitrogen and oxygen atoms in total.